The van der Waals surface area contributed by atoms with E-state index in [-0.39, 0.29) is 0 Å². The van der Waals surface area contributed by atoms with Crippen LogP contribution in [0.2, 0.25) is 0 Å². The molecule has 2 aliphatic heterocycles. The predicted molar refractivity (Wildman–Crippen MR) is 206 cm³/mol. The summed E-state index contributed by atoms with van der Waals surface area (Å²) >= 11 is 0. The summed E-state index contributed by atoms with van der Waals surface area (Å²) in [5.74, 6) is 0. The minimum atomic E-state index is -6.09. The van der Waals surface area contributed by atoms with Gasteiger partial charge in [0.2, 0.25) is 17.1 Å². The van der Waals surface area contributed by atoms with Crippen LogP contribution < -0.4 is 9.13 Å². The van der Waals surface area contributed by atoms with Crippen LogP contribution in [0.4, 0.5) is 26.3 Å². The largest absolute Gasteiger partial charge is 0.741 e. The summed E-state index contributed by atoms with van der Waals surface area (Å²) in [6, 6.07) is 32.7. The van der Waals surface area contributed by atoms with Crippen LogP contribution >= 0.6 is 0 Å². The molecule has 9 nitrogen and oxygen atoms in total. The van der Waals surface area contributed by atoms with Gasteiger partial charge in [-0.2, -0.15) is 35.5 Å². The average Bonchev–Trinajstić information content (AvgIpc) is 3.56. The SMILES string of the molecule is Cc1c(C)c2c(c3c1CC[n+]1ccc4ccccc4c1-3)-c1cccc(/C=C/c3cccc4c3oc3ccccc34)[n+]1CC2.O=S(=O)([O-])C(F)(F)F.O=S(=O)([O-])C(F)(F)F. The quantitative estimate of drug-likeness (QED) is 0.0736. The second-order valence-corrected chi connectivity index (χ2v) is 16.6. The molecule has 306 valence electrons. The number of pyridine rings is 2. The van der Waals surface area contributed by atoms with Crippen LogP contribution in [0.5, 0.6) is 0 Å². The van der Waals surface area contributed by atoms with Gasteiger partial charge in [-0.05, 0) is 65.8 Å². The van der Waals surface area contributed by atoms with Gasteiger partial charge >= 0.3 is 11.0 Å². The molecule has 9 rings (SSSR count). The number of benzene rings is 4. The molecule has 0 aliphatic carbocycles. The van der Waals surface area contributed by atoms with Crippen molar-refractivity contribution in [2.75, 3.05) is 0 Å². The second-order valence-electron chi connectivity index (χ2n) is 13.8. The molecule has 0 bridgehead atoms. The van der Waals surface area contributed by atoms with Crippen molar-refractivity contribution in [2.45, 2.75) is 50.8 Å². The molecule has 0 unspecified atom stereocenters. The van der Waals surface area contributed by atoms with Crippen LogP contribution in [-0.4, -0.2) is 37.0 Å². The molecule has 0 N–H and O–H groups in total. The number of alkyl halides is 6. The highest BCUT2D eigenvalue weighted by Crippen LogP contribution is 2.45. The molecule has 0 saturated carbocycles. The third-order valence-electron chi connectivity index (χ3n) is 10.5. The molecule has 4 aromatic carbocycles. The van der Waals surface area contributed by atoms with E-state index >= 15 is 0 Å². The standard InChI is InChI=1S/C40H32N2O.2CHF3O3S/c1-25-26(2)31-20-23-41-22-19-27-9-3-4-12-32(27)39(41)38(31)37-30(25)21-24-42-29(11-8-15-35(37)42)18-17-28-10-7-14-34-33-13-5-6-16-36(33)43-40(28)34;2*2-1(3,4)8(5,6)7/h3-19,22H,20-21,23-24H2,1-2H3;2*(H,5,6,7)/q+2;;/p-2/b18-17+;;. The van der Waals surface area contributed by atoms with Gasteiger partial charge in [-0.1, -0.05) is 54.6 Å². The number of rotatable bonds is 2. The minimum Gasteiger partial charge on any atom is -0.741 e. The topological polar surface area (TPSA) is 135 Å². The van der Waals surface area contributed by atoms with Gasteiger partial charge in [-0.3, -0.25) is 0 Å². The van der Waals surface area contributed by atoms with Gasteiger partial charge in [-0.25, -0.2) is 16.8 Å². The summed E-state index contributed by atoms with van der Waals surface area (Å²) in [7, 11) is -12.2. The van der Waals surface area contributed by atoms with Crippen molar-refractivity contribution in [3.8, 4) is 22.5 Å². The Labute approximate surface area is 334 Å². The van der Waals surface area contributed by atoms with E-state index in [0.29, 0.717) is 0 Å². The Morgan fingerprint density at radius 2 is 1.20 bits per heavy atom. The first kappa shape index (κ1) is 41.5. The van der Waals surface area contributed by atoms with Crippen LogP contribution in [0.1, 0.15) is 33.5 Å². The van der Waals surface area contributed by atoms with Crippen LogP contribution in [0, 0.1) is 13.8 Å². The zero-order valence-electron chi connectivity index (χ0n) is 31.1. The lowest BCUT2D eigenvalue weighted by molar-refractivity contribution is -0.690. The Kier molecular flexibility index (Phi) is 10.7. The van der Waals surface area contributed by atoms with Gasteiger partial charge in [0.15, 0.2) is 39.5 Å². The fourth-order valence-corrected chi connectivity index (χ4v) is 7.72. The zero-order valence-corrected chi connectivity index (χ0v) is 32.7. The highest BCUT2D eigenvalue weighted by Gasteiger charge is 2.39. The molecule has 0 spiro atoms. The number of aromatic nitrogens is 2. The molecule has 5 heterocycles. The Morgan fingerprint density at radius 3 is 1.86 bits per heavy atom. The molecular weight excluding hydrogens is 823 g/mol. The molecule has 0 amide bonds. The zero-order chi connectivity index (χ0) is 42.7. The van der Waals surface area contributed by atoms with Crippen molar-refractivity contribution in [3.05, 3.63) is 131 Å². The normalized spacial score (nSPS) is 13.9. The van der Waals surface area contributed by atoms with Crippen molar-refractivity contribution >= 4 is 65.1 Å². The van der Waals surface area contributed by atoms with Gasteiger partial charge < -0.3 is 13.5 Å². The van der Waals surface area contributed by atoms with Gasteiger partial charge in [-0.15, -0.1) is 0 Å². The lowest BCUT2D eigenvalue weighted by Crippen LogP contribution is -2.45. The lowest BCUT2D eigenvalue weighted by Gasteiger charge is -2.27. The number of hydrogen-bond donors (Lipinski definition) is 0. The third-order valence-corrected chi connectivity index (χ3v) is 11.6. The van der Waals surface area contributed by atoms with Gasteiger partial charge in [0.25, 0.3) is 0 Å². The van der Waals surface area contributed by atoms with Crippen molar-refractivity contribution in [1.29, 1.82) is 0 Å². The van der Waals surface area contributed by atoms with Crippen LogP contribution in [0.15, 0.2) is 102 Å². The van der Waals surface area contributed by atoms with E-state index in [4.69, 9.17) is 30.4 Å². The van der Waals surface area contributed by atoms with E-state index in [0.717, 1.165) is 53.4 Å². The average molecular weight is 855 g/mol. The van der Waals surface area contributed by atoms with Crippen LogP contribution in [-0.2, 0) is 46.2 Å². The van der Waals surface area contributed by atoms with Gasteiger partial charge in [0.1, 0.15) is 11.2 Å². The molecule has 3 aromatic heterocycles. The van der Waals surface area contributed by atoms with Crippen molar-refractivity contribution < 1.29 is 65.8 Å². The Hall–Kier alpha value is -5.62. The molecular formula is C42H32F6N2O7S2. The van der Waals surface area contributed by atoms with Crippen LogP contribution in [0.25, 0.3) is 67.4 Å². The number of para-hydroxylation sites is 2. The summed E-state index contributed by atoms with van der Waals surface area (Å²) in [4.78, 5) is 0. The molecule has 17 heteroatoms. The Bertz CT molecular complexity index is 3020. The van der Waals surface area contributed by atoms with Gasteiger partial charge in [0.05, 0.1) is 16.5 Å². The van der Waals surface area contributed by atoms with Gasteiger partial charge in [0, 0.05) is 53.5 Å². The monoisotopic (exact) mass is 854 g/mol. The highest BCUT2D eigenvalue weighted by atomic mass is 32.2. The number of halogens is 6. The van der Waals surface area contributed by atoms with Crippen LogP contribution in [0.3, 0.4) is 0 Å². The summed E-state index contributed by atoms with van der Waals surface area (Å²) < 4.78 is 129. The minimum absolute atomic E-state index is 0.933. The fourth-order valence-electron chi connectivity index (χ4n) is 7.72. The predicted octanol–water partition coefficient (Wildman–Crippen LogP) is 8.65. The number of nitrogens with zero attached hydrogens (tertiary/aromatic N) is 2. The molecule has 59 heavy (non-hydrogen) atoms. The van der Waals surface area contributed by atoms with E-state index in [1.807, 2.05) is 12.1 Å². The van der Waals surface area contributed by atoms with E-state index in [1.165, 1.54) is 61.2 Å². The number of fused-ring (bicyclic) bond motifs is 12. The molecule has 0 saturated heterocycles. The Balaban J connectivity index is 0.000000281. The Morgan fingerprint density at radius 1 is 0.644 bits per heavy atom. The summed E-state index contributed by atoms with van der Waals surface area (Å²) in [5, 5.41) is 4.96. The molecule has 0 radical (unpaired) electrons. The summed E-state index contributed by atoms with van der Waals surface area (Å²) in [6.07, 6.45) is 8.87. The first-order valence-electron chi connectivity index (χ1n) is 17.9. The van der Waals surface area contributed by atoms with E-state index in [1.54, 1.807) is 0 Å². The molecule has 0 atom stereocenters. The van der Waals surface area contributed by atoms with Crippen molar-refractivity contribution in [2.24, 2.45) is 0 Å². The first-order valence-corrected chi connectivity index (χ1v) is 20.7. The first-order chi connectivity index (χ1) is 27.7. The number of hydrogen-bond acceptors (Lipinski definition) is 7. The second kappa shape index (κ2) is 15.2. The van der Waals surface area contributed by atoms with Crippen molar-refractivity contribution in [1.82, 2.24) is 0 Å². The van der Waals surface area contributed by atoms with E-state index in [2.05, 4.69) is 120 Å². The van der Waals surface area contributed by atoms with E-state index in [9.17, 15) is 26.3 Å². The highest BCUT2D eigenvalue weighted by molar-refractivity contribution is 7.86. The summed E-state index contributed by atoms with van der Waals surface area (Å²) in [5.41, 5.74) is 4.38. The molecule has 7 aromatic rings. The maximum Gasteiger partial charge on any atom is 0.485 e. The lowest BCUT2D eigenvalue weighted by atomic mass is 9.79. The maximum atomic E-state index is 10.7. The number of furan rings is 1. The third kappa shape index (κ3) is 7.82. The summed E-state index contributed by atoms with van der Waals surface area (Å²) in [6.45, 7) is 6.66. The molecule has 2 aliphatic rings. The van der Waals surface area contributed by atoms with E-state index < -0.39 is 31.3 Å². The molecule has 0 fully saturated rings. The van der Waals surface area contributed by atoms with Crippen molar-refractivity contribution in [3.63, 3.8) is 0 Å². The fraction of sp³-hybridized carbons (Fsp3) is 0.190. The maximum absolute atomic E-state index is 10.7. The smallest absolute Gasteiger partial charge is 0.485 e. The number of aryl methyl sites for hydroxylation is 1.